The molecule has 2 N–H and O–H groups in total. The lowest BCUT2D eigenvalue weighted by Crippen LogP contribution is -2.52. The number of benzene rings is 4. The van der Waals surface area contributed by atoms with Gasteiger partial charge in [-0.25, -0.2) is 18.2 Å². The summed E-state index contributed by atoms with van der Waals surface area (Å²) in [5.41, 5.74) is 1.97. The molecule has 2 amide bonds. The van der Waals surface area contributed by atoms with Crippen molar-refractivity contribution in [2.75, 3.05) is 0 Å². The largest absolute Gasteiger partial charge is 0.434 e. The van der Waals surface area contributed by atoms with Crippen LogP contribution in [0.2, 0.25) is 5.02 Å². The zero-order chi connectivity index (χ0) is 31.4. The van der Waals surface area contributed by atoms with Gasteiger partial charge in [0.2, 0.25) is 11.7 Å². The van der Waals surface area contributed by atoms with Crippen LogP contribution in [0.1, 0.15) is 40.0 Å². The number of carbonyl (C=O) groups excluding carboxylic acids is 3. The molecule has 4 aromatic carbocycles. The van der Waals surface area contributed by atoms with Crippen LogP contribution in [0.15, 0.2) is 89.3 Å². The molecule has 0 bridgehead atoms. The van der Waals surface area contributed by atoms with E-state index in [1.165, 1.54) is 12.1 Å². The summed E-state index contributed by atoms with van der Waals surface area (Å²) >= 11 is 6.07. The van der Waals surface area contributed by atoms with Crippen molar-refractivity contribution in [2.45, 2.75) is 31.8 Å². The molecule has 1 aromatic heterocycles. The van der Waals surface area contributed by atoms with Gasteiger partial charge in [0.25, 0.3) is 11.8 Å². The second-order valence-electron chi connectivity index (χ2n) is 9.99. The number of ketones is 1. The lowest BCUT2D eigenvalue weighted by Gasteiger charge is -2.22. The minimum absolute atomic E-state index is 0.119. The predicted molar refractivity (Wildman–Crippen MR) is 159 cm³/mol. The fourth-order valence-corrected chi connectivity index (χ4v) is 4.85. The predicted octanol–water partition coefficient (Wildman–Crippen LogP) is 6.68. The lowest BCUT2D eigenvalue weighted by molar-refractivity contribution is -0.123. The number of carbonyl (C=O) groups is 3. The van der Waals surface area contributed by atoms with Crippen molar-refractivity contribution in [1.82, 2.24) is 15.6 Å². The molecule has 0 fully saturated rings. The highest BCUT2D eigenvalue weighted by Gasteiger charge is 2.31. The van der Waals surface area contributed by atoms with E-state index in [9.17, 15) is 27.6 Å². The molecular formula is C33H25ClF3N3O4. The van der Waals surface area contributed by atoms with Crippen molar-refractivity contribution in [3.05, 3.63) is 124 Å². The van der Waals surface area contributed by atoms with Gasteiger partial charge < -0.3 is 15.1 Å². The molecule has 224 valence electrons. The molecule has 5 rings (SSSR count). The Morgan fingerprint density at radius 3 is 2.20 bits per heavy atom. The first-order valence-corrected chi connectivity index (χ1v) is 14.0. The standard InChI is InChI=1S/C33H25ClF3N3O4/c1-2-26(30(41)33-40-27-8-3-4-9-29(27)44-33)38-32(43)28(17-23-24(36)15-22(35)16-25(23)37)39-31(42)19-12-10-18(11-13-19)20-6-5-7-21(34)14-20/h3-16,26,28H,2,17H2,1H3,(H,38,43)(H,39,42)/t26-,28-/m0/s1. The average Bonchev–Trinajstić information content (AvgIpc) is 3.45. The van der Waals surface area contributed by atoms with Crippen molar-refractivity contribution in [2.24, 2.45) is 0 Å². The fraction of sp³-hybridized carbons (Fsp3) is 0.152. The third kappa shape index (κ3) is 6.81. The van der Waals surface area contributed by atoms with E-state index in [0.29, 0.717) is 28.3 Å². The molecule has 1 heterocycles. The monoisotopic (exact) mass is 619 g/mol. The third-order valence-corrected chi connectivity index (χ3v) is 7.22. The Morgan fingerprint density at radius 1 is 0.841 bits per heavy atom. The number of nitrogens with one attached hydrogen (secondary N) is 2. The van der Waals surface area contributed by atoms with Gasteiger partial charge in [0.15, 0.2) is 5.58 Å². The van der Waals surface area contributed by atoms with Crippen LogP contribution in [0, 0.1) is 17.5 Å². The molecule has 0 saturated heterocycles. The second kappa shape index (κ2) is 13.1. The summed E-state index contributed by atoms with van der Waals surface area (Å²) in [7, 11) is 0. The zero-order valence-electron chi connectivity index (χ0n) is 23.2. The molecule has 0 spiro atoms. The molecule has 44 heavy (non-hydrogen) atoms. The number of halogens is 4. The zero-order valence-corrected chi connectivity index (χ0v) is 24.0. The first-order chi connectivity index (χ1) is 21.1. The number of Topliss-reactive ketones (excluding diaryl/α,β-unsaturated/α-hetero) is 1. The number of fused-ring (bicyclic) bond motifs is 1. The maximum absolute atomic E-state index is 14.6. The van der Waals surface area contributed by atoms with E-state index < -0.39 is 59.1 Å². The lowest BCUT2D eigenvalue weighted by atomic mass is 10.0. The van der Waals surface area contributed by atoms with E-state index in [-0.39, 0.29) is 17.9 Å². The maximum atomic E-state index is 14.6. The first kappa shape index (κ1) is 30.5. The maximum Gasteiger partial charge on any atom is 0.266 e. The van der Waals surface area contributed by atoms with Crippen molar-refractivity contribution in [3.8, 4) is 11.1 Å². The quantitative estimate of drug-likeness (QED) is 0.170. The van der Waals surface area contributed by atoms with Crippen molar-refractivity contribution in [3.63, 3.8) is 0 Å². The van der Waals surface area contributed by atoms with E-state index in [1.54, 1.807) is 61.5 Å². The number of oxazole rings is 1. The summed E-state index contributed by atoms with van der Waals surface area (Å²) in [4.78, 5) is 44.1. The molecule has 5 aromatic rings. The van der Waals surface area contributed by atoms with Gasteiger partial charge in [0.05, 0.1) is 6.04 Å². The first-order valence-electron chi connectivity index (χ1n) is 13.6. The molecule has 7 nitrogen and oxygen atoms in total. The Labute approximate surface area is 255 Å². The van der Waals surface area contributed by atoms with Gasteiger partial charge in [0.1, 0.15) is 29.0 Å². The summed E-state index contributed by atoms with van der Waals surface area (Å²) < 4.78 is 48.3. The molecule has 0 radical (unpaired) electrons. The molecule has 0 saturated carbocycles. The fourth-order valence-electron chi connectivity index (χ4n) is 4.66. The summed E-state index contributed by atoms with van der Waals surface area (Å²) in [6.45, 7) is 1.64. The van der Waals surface area contributed by atoms with Gasteiger partial charge in [-0.3, -0.25) is 14.4 Å². The number of hydrogen-bond donors (Lipinski definition) is 2. The molecular weight excluding hydrogens is 595 g/mol. The normalized spacial score (nSPS) is 12.5. The van der Waals surface area contributed by atoms with Crippen molar-refractivity contribution < 1.29 is 32.0 Å². The minimum atomic E-state index is -1.55. The van der Waals surface area contributed by atoms with Gasteiger partial charge >= 0.3 is 0 Å². The highest BCUT2D eigenvalue weighted by atomic mass is 35.5. The van der Waals surface area contributed by atoms with Crippen LogP contribution >= 0.6 is 11.6 Å². The average molecular weight is 620 g/mol. The van der Waals surface area contributed by atoms with E-state index >= 15 is 0 Å². The van der Waals surface area contributed by atoms with Crippen LogP contribution in [0.4, 0.5) is 13.2 Å². The Morgan fingerprint density at radius 2 is 1.55 bits per heavy atom. The highest BCUT2D eigenvalue weighted by Crippen LogP contribution is 2.24. The van der Waals surface area contributed by atoms with Crippen LogP contribution in [-0.2, 0) is 11.2 Å². The molecule has 0 unspecified atom stereocenters. The summed E-state index contributed by atoms with van der Waals surface area (Å²) in [6.07, 6.45) is -0.544. The van der Waals surface area contributed by atoms with E-state index in [2.05, 4.69) is 15.6 Å². The molecule has 0 aliphatic heterocycles. The molecule has 0 aliphatic rings. The summed E-state index contributed by atoms with van der Waals surface area (Å²) in [5, 5.41) is 5.58. The van der Waals surface area contributed by atoms with E-state index in [1.807, 2.05) is 6.07 Å². The summed E-state index contributed by atoms with van der Waals surface area (Å²) in [6, 6.07) is 18.5. The second-order valence-corrected chi connectivity index (χ2v) is 10.4. The van der Waals surface area contributed by atoms with E-state index in [0.717, 1.165) is 11.1 Å². The Kier molecular flexibility index (Phi) is 9.10. The van der Waals surface area contributed by atoms with Crippen LogP contribution < -0.4 is 10.6 Å². The Bertz CT molecular complexity index is 1800. The van der Waals surface area contributed by atoms with Crippen LogP contribution in [0.25, 0.3) is 22.2 Å². The molecule has 11 heteroatoms. The number of para-hydroxylation sites is 2. The smallest absolute Gasteiger partial charge is 0.266 e. The third-order valence-electron chi connectivity index (χ3n) is 6.99. The number of aromatic nitrogens is 1. The van der Waals surface area contributed by atoms with Crippen LogP contribution in [-0.4, -0.2) is 34.7 Å². The highest BCUT2D eigenvalue weighted by molar-refractivity contribution is 6.30. The van der Waals surface area contributed by atoms with Gasteiger partial charge in [-0.1, -0.05) is 54.9 Å². The Hall–Kier alpha value is -4.96. The van der Waals surface area contributed by atoms with Crippen LogP contribution in [0.5, 0.6) is 0 Å². The van der Waals surface area contributed by atoms with Gasteiger partial charge in [-0.2, -0.15) is 0 Å². The summed E-state index contributed by atoms with van der Waals surface area (Å²) in [5.74, 6) is -6.06. The number of hydrogen-bond acceptors (Lipinski definition) is 5. The number of nitrogens with zero attached hydrogens (tertiary/aromatic N) is 1. The van der Waals surface area contributed by atoms with Gasteiger partial charge in [-0.15, -0.1) is 0 Å². The van der Waals surface area contributed by atoms with Gasteiger partial charge in [-0.05, 0) is 53.9 Å². The SMILES string of the molecule is CC[C@H](NC(=O)[C@H](Cc1c(F)cc(F)cc1F)NC(=O)c1ccc(-c2cccc(Cl)c2)cc1)C(=O)c1nc2ccccc2o1. The van der Waals surface area contributed by atoms with Crippen molar-refractivity contribution in [1.29, 1.82) is 0 Å². The minimum Gasteiger partial charge on any atom is -0.434 e. The number of amides is 2. The van der Waals surface area contributed by atoms with Crippen molar-refractivity contribution >= 4 is 40.3 Å². The van der Waals surface area contributed by atoms with Gasteiger partial charge in [0, 0.05) is 34.7 Å². The molecule has 0 aliphatic carbocycles. The van der Waals surface area contributed by atoms with E-state index in [4.69, 9.17) is 16.0 Å². The molecule has 2 atom stereocenters. The Balaban J connectivity index is 1.38. The number of rotatable bonds is 10. The van der Waals surface area contributed by atoms with Crippen LogP contribution in [0.3, 0.4) is 0 Å². The topological polar surface area (TPSA) is 101 Å².